The summed E-state index contributed by atoms with van der Waals surface area (Å²) in [4.78, 5) is 11.5. The molecular weight excluding hydrogens is 309 g/mol. The molecule has 0 fully saturated rings. The van der Waals surface area contributed by atoms with Crippen molar-refractivity contribution in [1.82, 2.24) is 5.01 Å². The average Bonchev–Trinajstić information content (AvgIpc) is 2.81. The van der Waals surface area contributed by atoms with E-state index in [4.69, 9.17) is 5.26 Å². The second-order valence-electron chi connectivity index (χ2n) is 4.85. The number of hydrazone groups is 1. The van der Waals surface area contributed by atoms with Crippen LogP contribution in [0.25, 0.3) is 0 Å². The minimum atomic E-state index is -4.07. The van der Waals surface area contributed by atoms with Crippen molar-refractivity contribution in [2.24, 2.45) is 10.8 Å². The first kappa shape index (κ1) is 18.6. The fourth-order valence-corrected chi connectivity index (χ4v) is 1.73. The molecule has 1 amide bonds. The maximum Gasteiger partial charge on any atom is 0.390 e. The quantitative estimate of drug-likeness (QED) is 0.866. The molecule has 0 unspecified atom stereocenters. The molecule has 0 spiro atoms. The van der Waals surface area contributed by atoms with E-state index in [0.717, 1.165) is 11.3 Å². The molecule has 5 nitrogen and oxygen atoms in total. The zero-order chi connectivity index (χ0) is 17.5. The summed E-state index contributed by atoms with van der Waals surface area (Å²) < 4.78 is 32.9. The molecular formula is C15H17F3N4O. The summed E-state index contributed by atoms with van der Waals surface area (Å²) >= 11 is 0. The standard InChI is InChI=1S/C12H11N3O.C3H6F3N/c1-9-2-4-10(5-3-9)11-8-12(16)15(14-11)7-6-13;4-3(5,6)1-2-7/h2-5H,7-8H2,1H3;1-2,7H2. The highest BCUT2D eigenvalue weighted by Crippen LogP contribution is 2.17. The number of nitrogens with two attached hydrogens (primary N) is 1. The van der Waals surface area contributed by atoms with Gasteiger partial charge in [0.05, 0.1) is 24.6 Å². The van der Waals surface area contributed by atoms with Crippen LogP contribution in [-0.4, -0.2) is 35.9 Å². The molecule has 8 heteroatoms. The minimum Gasteiger partial charge on any atom is -0.330 e. The summed E-state index contributed by atoms with van der Waals surface area (Å²) in [7, 11) is 0. The number of hydrogen-bond donors (Lipinski definition) is 1. The lowest BCUT2D eigenvalue weighted by molar-refractivity contribution is -0.132. The molecule has 2 rings (SSSR count). The van der Waals surface area contributed by atoms with Gasteiger partial charge < -0.3 is 5.73 Å². The fourth-order valence-electron chi connectivity index (χ4n) is 1.73. The van der Waals surface area contributed by atoms with Gasteiger partial charge in [0.1, 0.15) is 6.54 Å². The van der Waals surface area contributed by atoms with Crippen LogP contribution in [0.2, 0.25) is 0 Å². The molecule has 0 saturated heterocycles. The highest BCUT2D eigenvalue weighted by atomic mass is 19.4. The normalized spacial score (nSPS) is 14.0. The molecule has 1 aliphatic heterocycles. The molecule has 1 aromatic carbocycles. The maximum absolute atomic E-state index is 11.5. The van der Waals surface area contributed by atoms with Crippen LogP contribution >= 0.6 is 0 Å². The zero-order valence-electron chi connectivity index (χ0n) is 12.6. The first-order valence-electron chi connectivity index (χ1n) is 6.85. The van der Waals surface area contributed by atoms with Crippen LogP contribution in [0, 0.1) is 18.3 Å². The lowest BCUT2D eigenvalue weighted by Crippen LogP contribution is -2.20. The number of halogens is 3. The van der Waals surface area contributed by atoms with Crippen molar-refractivity contribution in [2.75, 3.05) is 13.1 Å². The van der Waals surface area contributed by atoms with Gasteiger partial charge in [0, 0.05) is 6.54 Å². The molecule has 0 bridgehead atoms. The van der Waals surface area contributed by atoms with E-state index in [1.54, 1.807) is 0 Å². The molecule has 1 aliphatic rings. The molecule has 2 N–H and O–H groups in total. The SMILES string of the molecule is Cc1ccc(C2=NN(CC#N)C(=O)C2)cc1.NCCC(F)(F)F. The number of nitrogens with zero attached hydrogens (tertiary/aromatic N) is 3. The zero-order valence-corrected chi connectivity index (χ0v) is 12.6. The van der Waals surface area contributed by atoms with E-state index in [1.165, 1.54) is 10.6 Å². The van der Waals surface area contributed by atoms with E-state index in [9.17, 15) is 18.0 Å². The second kappa shape index (κ2) is 8.29. The van der Waals surface area contributed by atoms with Crippen molar-refractivity contribution in [1.29, 1.82) is 5.26 Å². The van der Waals surface area contributed by atoms with Crippen molar-refractivity contribution in [3.8, 4) is 6.07 Å². The lowest BCUT2D eigenvalue weighted by atomic mass is 10.1. The number of carbonyl (C=O) groups is 1. The second-order valence-corrected chi connectivity index (χ2v) is 4.85. The van der Waals surface area contributed by atoms with Crippen LogP contribution in [-0.2, 0) is 4.79 Å². The monoisotopic (exact) mass is 326 g/mol. The highest BCUT2D eigenvalue weighted by Gasteiger charge is 2.25. The summed E-state index contributed by atoms with van der Waals surface area (Å²) in [5.41, 5.74) is 7.44. The van der Waals surface area contributed by atoms with Gasteiger partial charge in [-0.2, -0.15) is 23.5 Å². The third-order valence-corrected chi connectivity index (χ3v) is 2.88. The van der Waals surface area contributed by atoms with E-state index in [2.05, 4.69) is 10.8 Å². The molecule has 1 aromatic rings. The maximum atomic E-state index is 11.5. The Balaban J connectivity index is 0.000000322. The van der Waals surface area contributed by atoms with Crippen LogP contribution in [0.3, 0.4) is 0 Å². The number of benzene rings is 1. The number of aryl methyl sites for hydroxylation is 1. The van der Waals surface area contributed by atoms with Gasteiger partial charge in [0.2, 0.25) is 5.91 Å². The Hall–Kier alpha value is -2.40. The Bertz CT molecular complexity index is 603. The summed E-state index contributed by atoms with van der Waals surface area (Å²) in [5, 5.41) is 13.9. The molecule has 1 heterocycles. The van der Waals surface area contributed by atoms with Crippen LogP contribution in [0.15, 0.2) is 29.4 Å². The molecule has 124 valence electrons. The first-order valence-corrected chi connectivity index (χ1v) is 6.85. The van der Waals surface area contributed by atoms with Gasteiger partial charge in [-0.1, -0.05) is 29.8 Å². The van der Waals surface area contributed by atoms with E-state index in [-0.39, 0.29) is 25.4 Å². The average molecular weight is 326 g/mol. The number of hydrogen-bond acceptors (Lipinski definition) is 4. The van der Waals surface area contributed by atoms with Crippen molar-refractivity contribution in [3.05, 3.63) is 35.4 Å². The van der Waals surface area contributed by atoms with Crippen LogP contribution in [0.1, 0.15) is 24.0 Å². The van der Waals surface area contributed by atoms with Gasteiger partial charge in [-0.05, 0) is 12.5 Å². The molecule has 0 aromatic heterocycles. The highest BCUT2D eigenvalue weighted by molar-refractivity contribution is 6.13. The molecule has 0 atom stereocenters. The molecule has 0 radical (unpaired) electrons. The predicted octanol–water partition coefficient (Wildman–Crippen LogP) is 2.35. The van der Waals surface area contributed by atoms with Gasteiger partial charge in [-0.15, -0.1) is 0 Å². The van der Waals surface area contributed by atoms with Crippen molar-refractivity contribution in [2.45, 2.75) is 25.9 Å². The number of nitriles is 1. The Labute approximate surface area is 132 Å². The largest absolute Gasteiger partial charge is 0.390 e. The van der Waals surface area contributed by atoms with E-state index >= 15 is 0 Å². The van der Waals surface area contributed by atoms with Gasteiger partial charge in [-0.3, -0.25) is 4.79 Å². The molecule has 23 heavy (non-hydrogen) atoms. The van der Waals surface area contributed by atoms with Gasteiger partial charge in [0.25, 0.3) is 0 Å². The fraction of sp³-hybridized carbons (Fsp3) is 0.400. The number of amides is 1. The molecule has 0 aliphatic carbocycles. The Kier molecular flexibility index (Phi) is 6.72. The predicted molar refractivity (Wildman–Crippen MR) is 79.4 cm³/mol. The smallest absolute Gasteiger partial charge is 0.330 e. The van der Waals surface area contributed by atoms with Crippen molar-refractivity contribution < 1.29 is 18.0 Å². The Morgan fingerprint density at radius 1 is 1.35 bits per heavy atom. The number of carbonyl (C=O) groups excluding carboxylic acids is 1. The lowest BCUT2D eigenvalue weighted by Gasteiger charge is -2.03. The number of alkyl halides is 3. The van der Waals surface area contributed by atoms with Gasteiger partial charge in [0.15, 0.2) is 0 Å². The Morgan fingerprint density at radius 2 is 1.96 bits per heavy atom. The van der Waals surface area contributed by atoms with E-state index < -0.39 is 12.6 Å². The number of rotatable bonds is 3. The topological polar surface area (TPSA) is 82.5 Å². The van der Waals surface area contributed by atoms with Gasteiger partial charge >= 0.3 is 6.18 Å². The third-order valence-electron chi connectivity index (χ3n) is 2.88. The first-order chi connectivity index (χ1) is 10.8. The van der Waals surface area contributed by atoms with Crippen LogP contribution in [0.5, 0.6) is 0 Å². The van der Waals surface area contributed by atoms with Crippen LogP contribution < -0.4 is 5.73 Å². The third kappa shape index (κ3) is 6.48. The van der Waals surface area contributed by atoms with Gasteiger partial charge in [-0.25, -0.2) is 5.01 Å². The van der Waals surface area contributed by atoms with E-state index in [0.29, 0.717) is 0 Å². The Morgan fingerprint density at radius 3 is 2.39 bits per heavy atom. The van der Waals surface area contributed by atoms with Crippen molar-refractivity contribution >= 4 is 11.6 Å². The summed E-state index contributed by atoms with van der Waals surface area (Å²) in [6.07, 6.45) is -4.67. The summed E-state index contributed by atoms with van der Waals surface area (Å²) in [5.74, 6) is -0.114. The van der Waals surface area contributed by atoms with E-state index in [1.807, 2.05) is 37.3 Å². The summed E-state index contributed by atoms with van der Waals surface area (Å²) in [6, 6.07) is 9.77. The van der Waals surface area contributed by atoms with Crippen molar-refractivity contribution in [3.63, 3.8) is 0 Å². The minimum absolute atomic E-state index is 0.0220. The summed E-state index contributed by atoms with van der Waals surface area (Å²) in [6.45, 7) is 1.71. The van der Waals surface area contributed by atoms with Crippen LogP contribution in [0.4, 0.5) is 13.2 Å². The molecule has 0 saturated carbocycles.